The molecule has 1 atom stereocenters. The molecule has 1 unspecified atom stereocenters. The van der Waals surface area contributed by atoms with Crippen molar-refractivity contribution < 1.29 is 27.5 Å². The minimum atomic E-state index is -4.54. The van der Waals surface area contributed by atoms with E-state index in [4.69, 9.17) is 4.74 Å². The summed E-state index contributed by atoms with van der Waals surface area (Å²) in [5, 5.41) is 2.36. The zero-order valence-electron chi connectivity index (χ0n) is 15.8. The maximum Gasteiger partial charge on any atom is 0.416 e. The van der Waals surface area contributed by atoms with Crippen molar-refractivity contribution in [3.63, 3.8) is 0 Å². The predicted molar refractivity (Wildman–Crippen MR) is 102 cm³/mol. The van der Waals surface area contributed by atoms with Crippen molar-refractivity contribution in [1.29, 1.82) is 0 Å². The number of para-hydroxylation sites is 1. The molecule has 0 bridgehead atoms. The zero-order valence-corrected chi connectivity index (χ0v) is 15.8. The van der Waals surface area contributed by atoms with Crippen LogP contribution >= 0.6 is 0 Å². The Kier molecular flexibility index (Phi) is 5.72. The molecule has 1 aliphatic rings. The third kappa shape index (κ3) is 4.64. The Morgan fingerprint density at radius 3 is 2.59 bits per heavy atom. The Labute approximate surface area is 165 Å². The summed E-state index contributed by atoms with van der Waals surface area (Å²) in [5.74, 6) is -2.71. The van der Waals surface area contributed by atoms with Gasteiger partial charge in [0.2, 0.25) is 5.91 Å². The highest BCUT2D eigenvalue weighted by Gasteiger charge is 2.40. The Morgan fingerprint density at radius 2 is 1.90 bits per heavy atom. The monoisotopic (exact) mass is 404 g/mol. The number of amides is 1. The predicted octanol–water partition coefficient (Wildman–Crippen LogP) is 4.71. The number of rotatable bonds is 4. The van der Waals surface area contributed by atoms with E-state index in [0.717, 1.165) is 17.7 Å². The molecule has 0 spiro atoms. The van der Waals surface area contributed by atoms with Crippen LogP contribution in [0.4, 0.5) is 24.5 Å². The summed E-state index contributed by atoms with van der Waals surface area (Å²) in [5.41, 5.74) is 0.812. The summed E-state index contributed by atoms with van der Waals surface area (Å²) in [6.45, 7) is 3.84. The van der Waals surface area contributed by atoms with E-state index in [9.17, 15) is 22.8 Å². The first kappa shape index (κ1) is 20.6. The van der Waals surface area contributed by atoms with Gasteiger partial charge >= 0.3 is 12.1 Å². The summed E-state index contributed by atoms with van der Waals surface area (Å²) >= 11 is 0. The van der Waals surface area contributed by atoms with Gasteiger partial charge in [-0.15, -0.1) is 0 Å². The lowest BCUT2D eigenvalue weighted by Gasteiger charge is -2.13. The molecule has 0 radical (unpaired) electrons. The second-order valence-corrected chi connectivity index (χ2v) is 6.93. The molecule has 0 aliphatic carbocycles. The molecule has 152 valence electrons. The van der Waals surface area contributed by atoms with Gasteiger partial charge in [-0.25, -0.2) is 0 Å². The Bertz CT molecular complexity index is 968. The number of aliphatic imine (C=N–C) groups is 1. The molecule has 1 saturated heterocycles. The van der Waals surface area contributed by atoms with E-state index in [0.29, 0.717) is 5.69 Å². The van der Waals surface area contributed by atoms with E-state index >= 15 is 0 Å². The standard InChI is InChI=1S/C21H19F3N2O3/c1-12(2)15-8-3-4-9-16(15)26-17-11-29-20(28)18(17)19(27)25-14-7-5-6-13(10-14)21(22,23)24/h3-10,12,18H,11H2,1-2H3,(H,25,27). The van der Waals surface area contributed by atoms with E-state index in [1.165, 1.54) is 12.1 Å². The molecule has 8 heteroatoms. The maximum absolute atomic E-state index is 12.9. The highest BCUT2D eigenvalue weighted by molar-refractivity contribution is 6.25. The minimum Gasteiger partial charge on any atom is -0.459 e. The summed E-state index contributed by atoms with van der Waals surface area (Å²) in [4.78, 5) is 29.2. The molecule has 0 saturated carbocycles. The van der Waals surface area contributed by atoms with Gasteiger partial charge in [-0.2, -0.15) is 13.2 Å². The average Bonchev–Trinajstić information content (AvgIpc) is 3.02. The topological polar surface area (TPSA) is 67.8 Å². The van der Waals surface area contributed by atoms with E-state index in [-0.39, 0.29) is 23.9 Å². The van der Waals surface area contributed by atoms with Crippen LogP contribution in [0.5, 0.6) is 0 Å². The third-order valence-electron chi connectivity index (χ3n) is 4.47. The fourth-order valence-corrected chi connectivity index (χ4v) is 3.02. The van der Waals surface area contributed by atoms with Crippen molar-refractivity contribution in [3.8, 4) is 0 Å². The Morgan fingerprint density at radius 1 is 1.17 bits per heavy atom. The molecule has 0 aromatic heterocycles. The number of benzene rings is 2. The number of halogens is 3. The van der Waals surface area contributed by atoms with Gasteiger partial charge < -0.3 is 10.1 Å². The highest BCUT2D eigenvalue weighted by Crippen LogP contribution is 2.31. The molecule has 2 aromatic rings. The number of hydrogen-bond donors (Lipinski definition) is 1. The van der Waals surface area contributed by atoms with Crippen LogP contribution in [0.1, 0.15) is 30.9 Å². The minimum absolute atomic E-state index is 0.0635. The number of carbonyl (C=O) groups excluding carboxylic acids is 2. The first-order chi connectivity index (χ1) is 13.7. The summed E-state index contributed by atoms with van der Waals surface area (Å²) in [6, 6.07) is 11.5. The van der Waals surface area contributed by atoms with E-state index in [1.807, 2.05) is 26.0 Å². The zero-order chi connectivity index (χ0) is 21.2. The molecule has 29 heavy (non-hydrogen) atoms. The van der Waals surface area contributed by atoms with Crippen molar-refractivity contribution in [2.24, 2.45) is 10.9 Å². The Hall–Kier alpha value is -3.16. The molecule has 1 fully saturated rings. The molecule has 1 N–H and O–H groups in total. The molecule has 3 rings (SSSR count). The smallest absolute Gasteiger partial charge is 0.416 e. The molecule has 1 aliphatic heterocycles. The number of carbonyl (C=O) groups is 2. The number of ether oxygens (including phenoxy) is 1. The van der Waals surface area contributed by atoms with Gasteiger partial charge in [0.15, 0.2) is 5.92 Å². The summed E-state index contributed by atoms with van der Waals surface area (Å²) in [7, 11) is 0. The highest BCUT2D eigenvalue weighted by atomic mass is 19.4. The molecule has 2 aromatic carbocycles. The van der Waals surface area contributed by atoms with Crippen LogP contribution in [-0.2, 0) is 20.5 Å². The maximum atomic E-state index is 12.9. The van der Waals surface area contributed by atoms with E-state index < -0.39 is 29.5 Å². The second-order valence-electron chi connectivity index (χ2n) is 6.93. The van der Waals surface area contributed by atoms with Crippen molar-refractivity contribution >= 4 is 29.0 Å². The van der Waals surface area contributed by atoms with Gasteiger partial charge in [0.05, 0.1) is 17.0 Å². The summed E-state index contributed by atoms with van der Waals surface area (Å²) < 4.78 is 43.6. The Balaban J connectivity index is 1.87. The number of esters is 1. The number of nitrogens with one attached hydrogen (secondary N) is 1. The van der Waals surface area contributed by atoms with Gasteiger partial charge in [-0.05, 0) is 35.7 Å². The molecule has 1 heterocycles. The first-order valence-corrected chi connectivity index (χ1v) is 8.98. The lowest BCUT2D eigenvalue weighted by molar-refractivity contribution is -0.143. The van der Waals surface area contributed by atoms with Crippen molar-refractivity contribution in [2.75, 3.05) is 11.9 Å². The van der Waals surface area contributed by atoms with Crippen molar-refractivity contribution in [3.05, 3.63) is 59.7 Å². The second kappa shape index (κ2) is 8.06. The average molecular weight is 404 g/mol. The van der Waals surface area contributed by atoms with Crippen LogP contribution in [-0.4, -0.2) is 24.2 Å². The molecule has 5 nitrogen and oxygen atoms in total. The van der Waals surface area contributed by atoms with E-state index in [2.05, 4.69) is 10.3 Å². The largest absolute Gasteiger partial charge is 0.459 e. The SMILES string of the molecule is CC(C)c1ccccc1N=C1COC(=O)C1C(=O)Nc1cccc(C(F)(F)F)c1. The van der Waals surface area contributed by atoms with Gasteiger partial charge in [-0.3, -0.25) is 14.6 Å². The van der Waals surface area contributed by atoms with Gasteiger partial charge in [0.1, 0.15) is 6.61 Å². The van der Waals surface area contributed by atoms with Gasteiger partial charge in [-0.1, -0.05) is 38.1 Å². The van der Waals surface area contributed by atoms with Crippen LogP contribution in [0, 0.1) is 5.92 Å². The summed E-state index contributed by atoms with van der Waals surface area (Å²) in [6.07, 6.45) is -4.54. The number of alkyl halides is 3. The number of cyclic esters (lactones) is 1. The lowest BCUT2D eigenvalue weighted by atomic mass is 10.0. The van der Waals surface area contributed by atoms with Crippen molar-refractivity contribution in [2.45, 2.75) is 25.9 Å². The molecular formula is C21H19F3N2O3. The van der Waals surface area contributed by atoms with E-state index in [1.54, 1.807) is 12.1 Å². The van der Waals surface area contributed by atoms with Crippen LogP contribution in [0.15, 0.2) is 53.5 Å². The normalized spacial score (nSPS) is 18.2. The van der Waals surface area contributed by atoms with Crippen molar-refractivity contribution in [1.82, 2.24) is 0 Å². The fraction of sp³-hybridized carbons (Fsp3) is 0.286. The van der Waals surface area contributed by atoms with Gasteiger partial charge in [0.25, 0.3) is 0 Å². The van der Waals surface area contributed by atoms with Crippen LogP contribution in [0.2, 0.25) is 0 Å². The first-order valence-electron chi connectivity index (χ1n) is 8.98. The number of hydrogen-bond acceptors (Lipinski definition) is 4. The number of nitrogens with zero attached hydrogens (tertiary/aromatic N) is 1. The quantitative estimate of drug-likeness (QED) is 0.593. The van der Waals surface area contributed by atoms with Gasteiger partial charge in [0, 0.05) is 5.69 Å². The third-order valence-corrected chi connectivity index (χ3v) is 4.47. The fourth-order valence-electron chi connectivity index (χ4n) is 3.02. The number of anilines is 1. The van der Waals surface area contributed by atoms with Crippen LogP contribution < -0.4 is 5.32 Å². The van der Waals surface area contributed by atoms with Crippen LogP contribution in [0.3, 0.4) is 0 Å². The molecular weight excluding hydrogens is 385 g/mol. The molecule has 1 amide bonds. The van der Waals surface area contributed by atoms with Crippen LogP contribution in [0.25, 0.3) is 0 Å². The lowest BCUT2D eigenvalue weighted by Crippen LogP contribution is -2.31.